The molecule has 198 valence electrons. The van der Waals surface area contributed by atoms with Crippen LogP contribution in [0.3, 0.4) is 0 Å². The van der Waals surface area contributed by atoms with Gasteiger partial charge in [-0.25, -0.2) is 21.8 Å². The van der Waals surface area contributed by atoms with Gasteiger partial charge in [-0.15, -0.1) is 13.2 Å². The first-order valence-electron chi connectivity index (χ1n) is 10.7. The molecule has 36 heavy (non-hydrogen) atoms. The van der Waals surface area contributed by atoms with Crippen LogP contribution in [-0.4, -0.2) is 50.2 Å². The Labute approximate surface area is 207 Å². The summed E-state index contributed by atoms with van der Waals surface area (Å²) in [5, 5.41) is 0. The van der Waals surface area contributed by atoms with E-state index in [0.29, 0.717) is 6.42 Å². The van der Waals surface area contributed by atoms with Gasteiger partial charge in [0.2, 0.25) is 10.0 Å². The zero-order valence-electron chi connectivity index (χ0n) is 20.2. The van der Waals surface area contributed by atoms with E-state index in [-0.39, 0.29) is 39.0 Å². The summed E-state index contributed by atoms with van der Waals surface area (Å²) in [5.74, 6) is -0.854. The second-order valence-corrected chi connectivity index (χ2v) is 13.4. The minimum Gasteiger partial charge on any atom is -0.495 e. The van der Waals surface area contributed by atoms with Gasteiger partial charge < -0.3 is 9.47 Å². The van der Waals surface area contributed by atoms with E-state index in [9.17, 15) is 30.0 Å². The smallest absolute Gasteiger partial charge is 0.495 e. The molecular weight excluding hydrogens is 523 g/mol. The van der Waals surface area contributed by atoms with Gasteiger partial charge in [0.25, 0.3) is 0 Å². The van der Waals surface area contributed by atoms with Crippen LogP contribution in [0, 0.1) is 0 Å². The lowest BCUT2D eigenvalue weighted by Crippen LogP contribution is -2.28. The normalized spacial score (nSPS) is 13.1. The van der Waals surface area contributed by atoms with Gasteiger partial charge in [-0.3, -0.25) is 9.12 Å². The third-order valence-corrected chi connectivity index (χ3v) is 9.06. The quantitative estimate of drug-likeness (QED) is 0.435. The number of halogens is 3. The van der Waals surface area contributed by atoms with E-state index >= 15 is 0 Å². The van der Waals surface area contributed by atoms with E-state index in [0.717, 1.165) is 12.1 Å². The van der Waals surface area contributed by atoms with Gasteiger partial charge >= 0.3 is 6.36 Å². The van der Waals surface area contributed by atoms with Crippen LogP contribution in [-0.2, 0) is 19.9 Å². The highest BCUT2D eigenvalue weighted by Gasteiger charge is 2.35. The minimum atomic E-state index is -5.03. The van der Waals surface area contributed by atoms with Crippen molar-refractivity contribution in [3.05, 3.63) is 36.7 Å². The van der Waals surface area contributed by atoms with Gasteiger partial charge in [0.15, 0.2) is 9.84 Å². The predicted octanol–water partition coefficient (Wildman–Crippen LogP) is 4.63. The molecule has 0 aliphatic heterocycles. The summed E-state index contributed by atoms with van der Waals surface area (Å²) in [6.07, 6.45) is -2.14. The lowest BCUT2D eigenvalue weighted by Gasteiger charge is -2.21. The molecule has 9 nitrogen and oxygen atoms in total. The molecule has 3 aromatic rings. The van der Waals surface area contributed by atoms with Crippen molar-refractivity contribution < 1.29 is 39.5 Å². The van der Waals surface area contributed by atoms with Crippen molar-refractivity contribution in [1.29, 1.82) is 0 Å². The third kappa shape index (κ3) is 5.86. The molecule has 0 radical (unpaired) electrons. The molecule has 2 aromatic heterocycles. The number of anilines is 1. The first kappa shape index (κ1) is 27.6. The van der Waals surface area contributed by atoms with Crippen LogP contribution in [0.25, 0.3) is 16.9 Å². The molecule has 0 amide bonds. The molecule has 0 fully saturated rings. The number of sulfone groups is 1. The molecule has 0 saturated heterocycles. The average Bonchev–Trinajstić information content (AvgIpc) is 3.13. The number of pyridine rings is 1. The largest absolute Gasteiger partial charge is 0.573 e. The van der Waals surface area contributed by atoms with Crippen molar-refractivity contribution in [1.82, 2.24) is 9.38 Å². The van der Waals surface area contributed by atoms with E-state index in [1.165, 1.54) is 56.8 Å². The number of hydrogen-bond acceptors (Lipinski definition) is 7. The Balaban J connectivity index is 2.26. The molecule has 0 saturated carbocycles. The summed E-state index contributed by atoms with van der Waals surface area (Å²) < 4.78 is 102. The van der Waals surface area contributed by atoms with Crippen molar-refractivity contribution in [3.8, 4) is 22.8 Å². The molecule has 1 N–H and O–H groups in total. The number of nitrogens with one attached hydrogen (secondary N) is 1. The molecule has 0 unspecified atom stereocenters. The van der Waals surface area contributed by atoms with Crippen molar-refractivity contribution in [2.24, 2.45) is 0 Å². The molecule has 0 aliphatic carbocycles. The number of aromatic nitrogens is 2. The number of imidazole rings is 1. The summed E-state index contributed by atoms with van der Waals surface area (Å²) in [5.41, 5.74) is 0.389. The number of benzene rings is 1. The number of methoxy groups -OCH3 is 1. The summed E-state index contributed by atoms with van der Waals surface area (Å²) in [6.45, 7) is 6.21. The Hall–Kier alpha value is -3.00. The number of rotatable bonds is 8. The fourth-order valence-electron chi connectivity index (χ4n) is 3.39. The fraction of sp³-hybridized carbons (Fsp3) is 0.409. The van der Waals surface area contributed by atoms with Gasteiger partial charge in [0, 0.05) is 23.9 Å². The Kier molecular flexibility index (Phi) is 7.25. The second-order valence-electron chi connectivity index (χ2n) is 8.91. The van der Waals surface area contributed by atoms with Gasteiger partial charge in [-0.2, -0.15) is 0 Å². The molecular formula is C22H26F3N3O6S2. The van der Waals surface area contributed by atoms with Crippen molar-refractivity contribution in [2.75, 3.05) is 17.6 Å². The lowest BCUT2D eigenvalue weighted by molar-refractivity contribution is -0.274. The molecule has 3 rings (SSSR count). The molecule has 1 aromatic carbocycles. The zero-order valence-corrected chi connectivity index (χ0v) is 21.8. The second kappa shape index (κ2) is 9.47. The average molecular weight is 550 g/mol. The van der Waals surface area contributed by atoms with E-state index in [1.54, 1.807) is 6.92 Å². The molecule has 2 heterocycles. The van der Waals surface area contributed by atoms with Crippen LogP contribution in [0.2, 0.25) is 0 Å². The Morgan fingerprint density at radius 3 is 2.28 bits per heavy atom. The Morgan fingerprint density at radius 1 is 1.06 bits per heavy atom. The van der Waals surface area contributed by atoms with Crippen molar-refractivity contribution in [3.63, 3.8) is 0 Å². The molecule has 0 spiro atoms. The monoisotopic (exact) mass is 549 g/mol. The molecule has 0 bridgehead atoms. The van der Waals surface area contributed by atoms with E-state index in [4.69, 9.17) is 4.74 Å². The molecule has 14 heteroatoms. The van der Waals surface area contributed by atoms with Crippen LogP contribution in [0.1, 0.15) is 34.1 Å². The summed E-state index contributed by atoms with van der Waals surface area (Å²) >= 11 is 0. The fourth-order valence-corrected chi connectivity index (χ4v) is 5.82. The summed E-state index contributed by atoms with van der Waals surface area (Å²) in [7, 11) is -6.42. The van der Waals surface area contributed by atoms with Crippen LogP contribution < -0.4 is 14.2 Å². The van der Waals surface area contributed by atoms with Crippen LogP contribution in [0.4, 0.5) is 18.9 Å². The number of fused-ring (bicyclic) bond motifs is 1. The summed E-state index contributed by atoms with van der Waals surface area (Å²) in [4.78, 5) is 4.07. The lowest BCUT2D eigenvalue weighted by atomic mass is 10.1. The SMILES string of the molecule is CCCS(=O)(=O)Nc1cc(OC(F)(F)F)cc(-c2cnc3cc(OC)c(S(=O)(=O)C(C)(C)C)cn23)c1. The minimum absolute atomic E-state index is 0.0525. The van der Waals surface area contributed by atoms with Crippen LogP contribution in [0.5, 0.6) is 11.5 Å². The van der Waals surface area contributed by atoms with Gasteiger partial charge in [0.05, 0.1) is 35.2 Å². The highest BCUT2D eigenvalue weighted by Crippen LogP contribution is 2.36. The van der Waals surface area contributed by atoms with Crippen molar-refractivity contribution >= 4 is 31.2 Å². The summed E-state index contributed by atoms with van der Waals surface area (Å²) in [6, 6.07) is 4.66. The van der Waals surface area contributed by atoms with Gasteiger partial charge in [0.1, 0.15) is 22.0 Å². The van der Waals surface area contributed by atoms with Crippen molar-refractivity contribution in [2.45, 2.75) is 50.1 Å². The van der Waals surface area contributed by atoms with Gasteiger partial charge in [-0.1, -0.05) is 6.92 Å². The first-order chi connectivity index (χ1) is 16.5. The van der Waals surface area contributed by atoms with E-state index in [2.05, 4.69) is 14.4 Å². The van der Waals surface area contributed by atoms with Crippen LogP contribution >= 0.6 is 0 Å². The topological polar surface area (TPSA) is 116 Å². The maximum atomic E-state index is 13.2. The number of hydrogen-bond donors (Lipinski definition) is 1. The standard InChI is InChI=1S/C22H26F3N3O6S2/c1-6-7-35(29,30)27-15-8-14(9-16(10-15)34-22(23,24)25)17-12-26-20-11-18(33-5)19(13-28(17)20)36(31,32)21(2,3)4/h8-13,27H,6-7H2,1-5H3. The maximum absolute atomic E-state index is 13.2. The van der Waals surface area contributed by atoms with Gasteiger partial charge in [-0.05, 0) is 39.3 Å². The molecule has 0 atom stereocenters. The van der Waals surface area contributed by atoms with E-state index < -0.39 is 36.7 Å². The zero-order chi connectivity index (χ0) is 27.1. The highest BCUT2D eigenvalue weighted by atomic mass is 32.2. The third-order valence-electron chi connectivity index (χ3n) is 5.07. The number of alkyl halides is 3. The Bertz CT molecular complexity index is 1490. The number of nitrogens with zero attached hydrogens (tertiary/aromatic N) is 2. The predicted molar refractivity (Wildman–Crippen MR) is 129 cm³/mol. The van der Waals surface area contributed by atoms with E-state index in [1.807, 2.05) is 0 Å². The molecule has 0 aliphatic rings. The Morgan fingerprint density at radius 2 is 1.72 bits per heavy atom. The highest BCUT2D eigenvalue weighted by molar-refractivity contribution is 7.93. The number of sulfonamides is 1. The number of ether oxygens (including phenoxy) is 2. The van der Waals surface area contributed by atoms with Crippen LogP contribution in [0.15, 0.2) is 41.6 Å². The first-order valence-corrected chi connectivity index (χ1v) is 13.8. The maximum Gasteiger partial charge on any atom is 0.573 e.